The molecule has 2 fully saturated rings. The van der Waals surface area contributed by atoms with Gasteiger partial charge >= 0.3 is 5.97 Å². The summed E-state index contributed by atoms with van der Waals surface area (Å²) in [7, 11) is 1.51. The number of thioether (sulfide) groups is 1. The first-order chi connectivity index (χ1) is 13.4. The Bertz CT molecular complexity index is 853. The lowest BCUT2D eigenvalue weighted by molar-refractivity contribution is -0.152. The number of nitrogens with zero attached hydrogens (tertiary/aromatic N) is 2. The monoisotopic (exact) mass is 404 g/mol. The molecule has 2 aliphatic rings. The Kier molecular flexibility index (Phi) is 6.03. The van der Waals surface area contributed by atoms with Gasteiger partial charge in [-0.05, 0) is 43.2 Å². The summed E-state index contributed by atoms with van der Waals surface area (Å²) in [6.07, 6.45) is 3.35. The number of para-hydroxylation sites is 1. The van der Waals surface area contributed by atoms with Crippen LogP contribution in [0.2, 0.25) is 0 Å². The van der Waals surface area contributed by atoms with Crippen LogP contribution >= 0.6 is 11.8 Å². The van der Waals surface area contributed by atoms with Crippen LogP contribution in [0.1, 0.15) is 24.8 Å². The number of rotatable bonds is 5. The second-order valence-corrected chi connectivity index (χ2v) is 7.44. The number of ether oxygens (including phenoxy) is 1. The van der Waals surface area contributed by atoms with Crippen LogP contribution in [0.4, 0.5) is 4.79 Å². The zero-order valence-electron chi connectivity index (χ0n) is 15.3. The molecule has 1 N–H and O–H groups in total. The number of benzene rings is 1. The van der Waals surface area contributed by atoms with Gasteiger partial charge in [0.05, 0.1) is 12.0 Å². The SMILES string of the molecule is COc1ccccc1/C=C1\SC(=O)N(CC(=O)N2CCCCC2C(=O)O)C1=O. The van der Waals surface area contributed by atoms with E-state index in [0.29, 0.717) is 30.7 Å². The molecule has 28 heavy (non-hydrogen) atoms. The predicted molar refractivity (Wildman–Crippen MR) is 103 cm³/mol. The van der Waals surface area contributed by atoms with Crippen molar-refractivity contribution in [1.29, 1.82) is 0 Å². The first-order valence-corrected chi connectivity index (χ1v) is 9.64. The maximum Gasteiger partial charge on any atom is 0.326 e. The Labute approximate surface area is 166 Å². The van der Waals surface area contributed by atoms with Crippen LogP contribution in [-0.4, -0.2) is 64.2 Å². The summed E-state index contributed by atoms with van der Waals surface area (Å²) in [6, 6.07) is 6.15. The van der Waals surface area contributed by atoms with Gasteiger partial charge in [-0.3, -0.25) is 19.3 Å². The number of hydrogen-bond acceptors (Lipinski definition) is 6. The van der Waals surface area contributed by atoms with Crippen LogP contribution in [0.25, 0.3) is 6.08 Å². The van der Waals surface area contributed by atoms with Crippen molar-refractivity contribution in [1.82, 2.24) is 9.80 Å². The molecule has 3 amide bonds. The number of carbonyl (C=O) groups is 4. The quantitative estimate of drug-likeness (QED) is 0.750. The molecule has 9 heteroatoms. The minimum atomic E-state index is -1.07. The summed E-state index contributed by atoms with van der Waals surface area (Å²) in [6.45, 7) is -0.152. The van der Waals surface area contributed by atoms with E-state index in [1.807, 2.05) is 0 Å². The first kappa shape index (κ1) is 19.9. The van der Waals surface area contributed by atoms with Crippen LogP contribution in [-0.2, 0) is 14.4 Å². The van der Waals surface area contributed by atoms with E-state index in [0.717, 1.165) is 23.1 Å². The van der Waals surface area contributed by atoms with Crippen molar-refractivity contribution in [2.45, 2.75) is 25.3 Å². The van der Waals surface area contributed by atoms with Gasteiger partial charge in [-0.2, -0.15) is 0 Å². The second kappa shape index (κ2) is 8.47. The van der Waals surface area contributed by atoms with E-state index in [9.17, 15) is 24.3 Å². The van der Waals surface area contributed by atoms with Gasteiger partial charge in [0.25, 0.3) is 11.1 Å². The number of carbonyl (C=O) groups excluding carboxylic acids is 3. The lowest BCUT2D eigenvalue weighted by atomic mass is 10.0. The van der Waals surface area contributed by atoms with E-state index in [-0.39, 0.29) is 4.91 Å². The van der Waals surface area contributed by atoms with Gasteiger partial charge in [0.1, 0.15) is 18.3 Å². The van der Waals surface area contributed by atoms with Crippen molar-refractivity contribution in [2.24, 2.45) is 0 Å². The Morgan fingerprint density at radius 1 is 1.29 bits per heavy atom. The largest absolute Gasteiger partial charge is 0.496 e. The highest BCUT2D eigenvalue weighted by molar-refractivity contribution is 8.18. The summed E-state index contributed by atoms with van der Waals surface area (Å²) in [5.41, 5.74) is 0.642. The minimum absolute atomic E-state index is 0.190. The Hall–Kier alpha value is -2.81. The molecule has 1 aromatic carbocycles. The van der Waals surface area contributed by atoms with Crippen LogP contribution in [0.15, 0.2) is 29.2 Å². The molecule has 2 heterocycles. The second-order valence-electron chi connectivity index (χ2n) is 6.45. The maximum absolute atomic E-state index is 12.6. The van der Waals surface area contributed by atoms with Gasteiger partial charge in [-0.15, -0.1) is 0 Å². The first-order valence-electron chi connectivity index (χ1n) is 8.83. The average Bonchev–Trinajstić information content (AvgIpc) is 2.95. The summed E-state index contributed by atoms with van der Waals surface area (Å²) in [5, 5.41) is 8.76. The average molecular weight is 404 g/mol. The molecule has 0 radical (unpaired) electrons. The molecular formula is C19H20N2O6S. The lowest BCUT2D eigenvalue weighted by Crippen LogP contribution is -2.51. The molecule has 148 valence electrons. The van der Waals surface area contributed by atoms with Crippen molar-refractivity contribution in [3.63, 3.8) is 0 Å². The molecule has 0 saturated carbocycles. The molecule has 0 aromatic heterocycles. The van der Waals surface area contributed by atoms with Gasteiger partial charge in [0.15, 0.2) is 0 Å². The lowest BCUT2D eigenvalue weighted by Gasteiger charge is -2.33. The van der Waals surface area contributed by atoms with E-state index < -0.39 is 35.6 Å². The third-order valence-corrected chi connectivity index (χ3v) is 5.61. The highest BCUT2D eigenvalue weighted by Gasteiger charge is 2.39. The summed E-state index contributed by atoms with van der Waals surface area (Å²) < 4.78 is 5.24. The molecule has 0 spiro atoms. The Balaban J connectivity index is 1.76. The predicted octanol–water partition coefficient (Wildman–Crippen LogP) is 2.20. The summed E-state index contributed by atoms with van der Waals surface area (Å²) in [4.78, 5) is 51.2. The zero-order valence-corrected chi connectivity index (χ0v) is 16.1. The van der Waals surface area contributed by atoms with Crippen molar-refractivity contribution in [3.8, 4) is 5.75 Å². The van der Waals surface area contributed by atoms with E-state index in [1.54, 1.807) is 30.3 Å². The fourth-order valence-corrected chi connectivity index (χ4v) is 4.11. The highest BCUT2D eigenvalue weighted by Crippen LogP contribution is 2.34. The number of carboxylic acid groups (broad SMARTS) is 1. The number of aliphatic carboxylic acids is 1. The van der Waals surface area contributed by atoms with Gasteiger partial charge in [-0.1, -0.05) is 18.2 Å². The molecule has 3 rings (SSSR count). The van der Waals surface area contributed by atoms with E-state index in [2.05, 4.69) is 0 Å². The number of likely N-dealkylation sites (tertiary alicyclic amines) is 1. The van der Waals surface area contributed by atoms with Crippen LogP contribution in [0.3, 0.4) is 0 Å². The zero-order chi connectivity index (χ0) is 20.3. The molecule has 1 aromatic rings. The normalized spacial score (nSPS) is 21.3. The number of hydrogen-bond donors (Lipinski definition) is 1. The van der Waals surface area contributed by atoms with Crippen molar-refractivity contribution in [2.75, 3.05) is 20.2 Å². The summed E-state index contributed by atoms with van der Waals surface area (Å²) >= 11 is 0.747. The fourth-order valence-electron chi connectivity index (χ4n) is 3.28. The molecule has 0 aliphatic carbocycles. The van der Waals surface area contributed by atoms with Crippen molar-refractivity contribution >= 4 is 40.9 Å². The number of carboxylic acids is 1. The molecule has 2 saturated heterocycles. The van der Waals surface area contributed by atoms with Crippen molar-refractivity contribution in [3.05, 3.63) is 34.7 Å². The fraction of sp³-hybridized carbons (Fsp3) is 0.368. The van der Waals surface area contributed by atoms with Crippen LogP contribution in [0.5, 0.6) is 5.75 Å². The standard InChI is InChI=1S/C19H20N2O6S/c1-27-14-8-3-2-6-12(14)10-15-17(23)21(19(26)28-15)11-16(22)20-9-5-4-7-13(20)18(24)25/h2-3,6,8,10,13H,4-5,7,9,11H2,1H3,(H,24,25)/b15-10-. The summed E-state index contributed by atoms with van der Waals surface area (Å²) in [5.74, 6) is -1.62. The number of piperidine rings is 1. The third kappa shape index (κ3) is 4.04. The van der Waals surface area contributed by atoms with Crippen LogP contribution < -0.4 is 4.74 Å². The maximum atomic E-state index is 12.6. The van der Waals surface area contributed by atoms with Gasteiger partial charge < -0.3 is 14.7 Å². The highest BCUT2D eigenvalue weighted by atomic mass is 32.2. The Morgan fingerprint density at radius 3 is 2.75 bits per heavy atom. The molecule has 1 atom stereocenters. The van der Waals surface area contributed by atoms with Gasteiger partial charge in [0.2, 0.25) is 5.91 Å². The van der Waals surface area contributed by atoms with Crippen molar-refractivity contribution < 1.29 is 29.0 Å². The Morgan fingerprint density at radius 2 is 2.04 bits per heavy atom. The smallest absolute Gasteiger partial charge is 0.326 e. The molecular weight excluding hydrogens is 384 g/mol. The van der Waals surface area contributed by atoms with E-state index in [4.69, 9.17) is 4.74 Å². The molecule has 8 nitrogen and oxygen atoms in total. The van der Waals surface area contributed by atoms with Gasteiger partial charge in [-0.25, -0.2) is 4.79 Å². The van der Waals surface area contributed by atoms with Crippen LogP contribution in [0, 0.1) is 0 Å². The molecule has 0 bridgehead atoms. The minimum Gasteiger partial charge on any atom is -0.496 e. The number of imide groups is 1. The number of methoxy groups -OCH3 is 1. The van der Waals surface area contributed by atoms with E-state index >= 15 is 0 Å². The third-order valence-electron chi connectivity index (χ3n) is 4.70. The van der Waals surface area contributed by atoms with E-state index in [1.165, 1.54) is 12.0 Å². The topological polar surface area (TPSA) is 104 Å². The van der Waals surface area contributed by atoms with Gasteiger partial charge in [0, 0.05) is 12.1 Å². The number of amides is 3. The molecule has 1 unspecified atom stereocenters. The molecule has 2 aliphatic heterocycles.